The molecule has 0 saturated heterocycles. The van der Waals surface area contributed by atoms with Gasteiger partial charge in [-0.2, -0.15) is 0 Å². The van der Waals surface area contributed by atoms with E-state index in [4.69, 9.17) is 17.3 Å². The number of H-pyrrole nitrogens is 2. The molecule has 1 aromatic heterocycles. The summed E-state index contributed by atoms with van der Waals surface area (Å²) < 4.78 is 0.253. The van der Waals surface area contributed by atoms with Crippen LogP contribution in [0.5, 0.6) is 5.75 Å². The van der Waals surface area contributed by atoms with E-state index in [-0.39, 0.29) is 16.1 Å². The Labute approximate surface area is 77.9 Å². The molecule has 0 unspecified atom stereocenters. The van der Waals surface area contributed by atoms with Crippen molar-refractivity contribution in [2.45, 2.75) is 0 Å². The third kappa shape index (κ3) is 1.33. The van der Waals surface area contributed by atoms with Gasteiger partial charge in [0, 0.05) is 6.07 Å². The van der Waals surface area contributed by atoms with Crippen molar-refractivity contribution in [1.29, 1.82) is 0 Å². The number of benzene rings is 1. The highest BCUT2D eigenvalue weighted by atomic mass is 32.1. The number of aromatic amines is 2. The number of phenolic OH excluding ortho intramolecular Hbond substituents is 1. The molecule has 66 valence electrons. The highest BCUT2D eigenvalue weighted by Crippen LogP contribution is 2.13. The average Bonchev–Trinajstić information content (AvgIpc) is 2.02. The molecule has 1 heterocycles. The van der Waals surface area contributed by atoms with Crippen LogP contribution in [0.25, 0.3) is 10.9 Å². The van der Waals surface area contributed by atoms with Gasteiger partial charge in [0.1, 0.15) is 5.75 Å². The molecule has 0 bridgehead atoms. The Morgan fingerprint density at radius 1 is 1.31 bits per heavy atom. The maximum absolute atomic E-state index is 11.3. The molecule has 0 amide bonds. The van der Waals surface area contributed by atoms with E-state index in [0.29, 0.717) is 10.9 Å². The molecule has 0 atom stereocenters. The van der Waals surface area contributed by atoms with Crippen LogP contribution in [0.4, 0.5) is 0 Å². The van der Waals surface area contributed by atoms with Crippen molar-refractivity contribution in [3.63, 3.8) is 0 Å². The summed E-state index contributed by atoms with van der Waals surface area (Å²) in [6.45, 7) is 0. The second-order valence-electron chi connectivity index (χ2n) is 2.64. The molecule has 5 heteroatoms. The average molecular weight is 194 g/mol. The first-order valence-electron chi connectivity index (χ1n) is 3.62. The number of hydrogen-bond acceptors (Lipinski definition) is 3. The number of aromatic hydroxyl groups is 1. The van der Waals surface area contributed by atoms with Gasteiger partial charge in [0.05, 0.1) is 10.9 Å². The quantitative estimate of drug-likeness (QED) is 0.553. The molecule has 0 fully saturated rings. The first-order chi connectivity index (χ1) is 6.16. The zero-order valence-electron chi connectivity index (χ0n) is 6.50. The van der Waals surface area contributed by atoms with Crippen molar-refractivity contribution in [3.05, 3.63) is 33.3 Å². The minimum absolute atomic E-state index is 0.101. The van der Waals surface area contributed by atoms with Crippen LogP contribution < -0.4 is 5.56 Å². The third-order valence-electron chi connectivity index (χ3n) is 1.72. The number of fused-ring (bicyclic) bond motifs is 1. The molecule has 0 aliphatic heterocycles. The van der Waals surface area contributed by atoms with E-state index in [9.17, 15) is 4.79 Å². The van der Waals surface area contributed by atoms with Crippen LogP contribution in [0, 0.1) is 4.77 Å². The zero-order chi connectivity index (χ0) is 9.42. The molecule has 2 rings (SSSR count). The van der Waals surface area contributed by atoms with E-state index in [1.807, 2.05) is 0 Å². The van der Waals surface area contributed by atoms with Gasteiger partial charge in [-0.25, -0.2) is 0 Å². The lowest BCUT2D eigenvalue weighted by atomic mass is 10.2. The number of rotatable bonds is 0. The molecule has 0 aliphatic rings. The summed E-state index contributed by atoms with van der Waals surface area (Å²) in [7, 11) is 0. The molecule has 2 aromatic rings. The number of aromatic nitrogens is 2. The summed E-state index contributed by atoms with van der Waals surface area (Å²) in [5, 5.41) is 9.62. The largest absolute Gasteiger partial charge is 0.508 e. The molecular formula is C8H6N2O2S. The van der Waals surface area contributed by atoms with E-state index in [1.165, 1.54) is 18.2 Å². The Kier molecular flexibility index (Phi) is 1.66. The summed E-state index contributed by atoms with van der Waals surface area (Å²) in [4.78, 5) is 16.5. The van der Waals surface area contributed by atoms with Crippen molar-refractivity contribution in [2.75, 3.05) is 0 Å². The number of hydrogen-bond donors (Lipinski definition) is 3. The summed E-state index contributed by atoms with van der Waals surface area (Å²) in [6.07, 6.45) is 0. The summed E-state index contributed by atoms with van der Waals surface area (Å²) in [6, 6.07) is 4.45. The lowest BCUT2D eigenvalue weighted by molar-refractivity contribution is 0.476. The topological polar surface area (TPSA) is 68.9 Å². The molecule has 13 heavy (non-hydrogen) atoms. The van der Waals surface area contributed by atoms with Gasteiger partial charge < -0.3 is 10.1 Å². The van der Waals surface area contributed by atoms with Crippen LogP contribution >= 0.6 is 12.2 Å². The van der Waals surface area contributed by atoms with Crippen LogP contribution in [-0.4, -0.2) is 15.1 Å². The molecule has 4 nitrogen and oxygen atoms in total. The van der Waals surface area contributed by atoms with Gasteiger partial charge in [-0.3, -0.25) is 9.78 Å². The van der Waals surface area contributed by atoms with Crippen LogP contribution in [0.3, 0.4) is 0 Å². The summed E-state index contributed by atoms with van der Waals surface area (Å²) in [5.74, 6) is 0.101. The Morgan fingerprint density at radius 3 is 2.85 bits per heavy atom. The SMILES string of the molecule is O=c1[nH]c(=S)[nH]c2cc(O)ccc12. The minimum atomic E-state index is -0.251. The number of phenols is 1. The standard InChI is InChI=1S/C8H6N2O2S/c11-4-1-2-5-6(3-4)9-8(13)10-7(5)12/h1-3,11H,(H2,9,10,12,13). The molecular weight excluding hydrogens is 188 g/mol. The van der Waals surface area contributed by atoms with Crippen LogP contribution in [0.1, 0.15) is 0 Å². The monoisotopic (exact) mass is 194 g/mol. The van der Waals surface area contributed by atoms with E-state index >= 15 is 0 Å². The minimum Gasteiger partial charge on any atom is -0.508 e. The third-order valence-corrected chi connectivity index (χ3v) is 1.93. The molecule has 0 spiro atoms. The lowest BCUT2D eigenvalue weighted by Crippen LogP contribution is -2.07. The predicted octanol–water partition coefficient (Wildman–Crippen LogP) is 1.29. The highest BCUT2D eigenvalue weighted by molar-refractivity contribution is 7.71. The Hall–Kier alpha value is -1.62. The maximum Gasteiger partial charge on any atom is 0.259 e. The Morgan fingerprint density at radius 2 is 2.08 bits per heavy atom. The van der Waals surface area contributed by atoms with Crippen molar-refractivity contribution in [1.82, 2.24) is 9.97 Å². The van der Waals surface area contributed by atoms with Gasteiger partial charge in [-0.15, -0.1) is 0 Å². The molecule has 0 radical (unpaired) electrons. The Balaban J connectivity index is 3.03. The van der Waals surface area contributed by atoms with E-state index in [1.54, 1.807) is 0 Å². The number of nitrogens with one attached hydrogen (secondary N) is 2. The normalized spacial score (nSPS) is 10.5. The molecule has 1 aromatic carbocycles. The summed E-state index contributed by atoms with van der Waals surface area (Å²) in [5.41, 5.74) is 0.285. The van der Waals surface area contributed by atoms with Gasteiger partial charge in [0.25, 0.3) is 5.56 Å². The van der Waals surface area contributed by atoms with Crippen molar-refractivity contribution in [3.8, 4) is 5.75 Å². The maximum atomic E-state index is 11.3. The van der Waals surface area contributed by atoms with Gasteiger partial charge in [0.15, 0.2) is 4.77 Å². The van der Waals surface area contributed by atoms with Crippen LogP contribution in [0.15, 0.2) is 23.0 Å². The smallest absolute Gasteiger partial charge is 0.259 e. The van der Waals surface area contributed by atoms with Crippen LogP contribution in [0.2, 0.25) is 0 Å². The fraction of sp³-hybridized carbons (Fsp3) is 0. The lowest BCUT2D eigenvalue weighted by Gasteiger charge is -1.96. The first-order valence-corrected chi connectivity index (χ1v) is 4.03. The van der Waals surface area contributed by atoms with E-state index < -0.39 is 0 Å². The van der Waals surface area contributed by atoms with Gasteiger partial charge >= 0.3 is 0 Å². The van der Waals surface area contributed by atoms with Gasteiger partial charge in [0.2, 0.25) is 0 Å². The fourth-order valence-corrected chi connectivity index (χ4v) is 1.36. The Bertz CT molecular complexity index is 570. The van der Waals surface area contributed by atoms with Crippen molar-refractivity contribution >= 4 is 23.1 Å². The second-order valence-corrected chi connectivity index (χ2v) is 3.05. The summed E-state index contributed by atoms with van der Waals surface area (Å²) >= 11 is 4.78. The van der Waals surface area contributed by atoms with E-state index in [0.717, 1.165) is 0 Å². The zero-order valence-corrected chi connectivity index (χ0v) is 7.31. The van der Waals surface area contributed by atoms with Gasteiger partial charge in [-0.05, 0) is 24.4 Å². The first kappa shape index (κ1) is 8.00. The van der Waals surface area contributed by atoms with E-state index in [2.05, 4.69) is 9.97 Å². The second kappa shape index (κ2) is 2.70. The molecule has 0 aliphatic carbocycles. The van der Waals surface area contributed by atoms with Crippen LogP contribution in [-0.2, 0) is 0 Å². The predicted molar refractivity (Wildman–Crippen MR) is 51.4 cm³/mol. The van der Waals surface area contributed by atoms with Gasteiger partial charge in [-0.1, -0.05) is 0 Å². The molecule has 0 saturated carbocycles. The highest BCUT2D eigenvalue weighted by Gasteiger charge is 1.98. The van der Waals surface area contributed by atoms with Crippen molar-refractivity contribution < 1.29 is 5.11 Å². The molecule has 3 N–H and O–H groups in total. The van der Waals surface area contributed by atoms with Crippen molar-refractivity contribution in [2.24, 2.45) is 0 Å². The fourth-order valence-electron chi connectivity index (χ4n) is 1.16.